The van der Waals surface area contributed by atoms with Gasteiger partial charge >= 0.3 is 5.97 Å². The van der Waals surface area contributed by atoms with Gasteiger partial charge in [0.15, 0.2) is 0 Å². The molecule has 4 atom stereocenters. The molecule has 0 aromatic heterocycles. The molecule has 1 fully saturated rings. The lowest BCUT2D eigenvalue weighted by molar-refractivity contribution is -0.0745. The van der Waals surface area contributed by atoms with E-state index in [-0.39, 0.29) is 23.1 Å². The molecular formula is C24H30O3S. The van der Waals surface area contributed by atoms with Crippen molar-refractivity contribution >= 4 is 16.8 Å². The molecule has 0 bridgehead atoms. The van der Waals surface area contributed by atoms with Gasteiger partial charge < -0.3 is 4.74 Å². The summed E-state index contributed by atoms with van der Waals surface area (Å²) in [5, 5.41) is -0.252. The molecule has 3 nitrogen and oxygen atoms in total. The minimum atomic E-state index is -1.26. The van der Waals surface area contributed by atoms with Crippen LogP contribution in [0.3, 0.4) is 0 Å². The lowest BCUT2D eigenvalue weighted by Crippen LogP contribution is -2.56. The summed E-state index contributed by atoms with van der Waals surface area (Å²) in [7, 11) is -1.26. The highest BCUT2D eigenvalue weighted by Gasteiger charge is 2.52. The van der Waals surface area contributed by atoms with Crippen molar-refractivity contribution in [2.75, 3.05) is 0 Å². The number of ether oxygens (including phenoxy) is 1. The molecule has 3 rings (SSSR count). The summed E-state index contributed by atoms with van der Waals surface area (Å²) < 4.78 is 20.0. The SMILES string of the molecule is CC(C)[C@@H](S(=O)c1ccccc1)[C@]1(OC(=O)c2ccccc2)CCCCC1C. The van der Waals surface area contributed by atoms with E-state index in [1.807, 2.05) is 48.5 Å². The second kappa shape index (κ2) is 9.04. The largest absolute Gasteiger partial charge is 0.454 e. The molecule has 2 unspecified atom stereocenters. The van der Waals surface area contributed by atoms with Crippen molar-refractivity contribution in [3.63, 3.8) is 0 Å². The summed E-state index contributed by atoms with van der Waals surface area (Å²) in [6, 6.07) is 18.7. The van der Waals surface area contributed by atoms with Crippen LogP contribution in [0, 0.1) is 11.8 Å². The maximum Gasteiger partial charge on any atom is 0.338 e. The van der Waals surface area contributed by atoms with Crippen LogP contribution in [0.1, 0.15) is 56.8 Å². The number of esters is 1. The maximum absolute atomic E-state index is 13.7. The van der Waals surface area contributed by atoms with Crippen LogP contribution in [-0.4, -0.2) is 21.0 Å². The van der Waals surface area contributed by atoms with Gasteiger partial charge in [0.25, 0.3) is 0 Å². The summed E-state index contributed by atoms with van der Waals surface area (Å²) in [6.45, 7) is 6.32. The zero-order valence-corrected chi connectivity index (χ0v) is 17.8. The fourth-order valence-corrected chi connectivity index (χ4v) is 6.45. The number of benzene rings is 2. The van der Waals surface area contributed by atoms with Crippen LogP contribution < -0.4 is 0 Å². The van der Waals surface area contributed by atoms with Crippen molar-refractivity contribution < 1.29 is 13.7 Å². The van der Waals surface area contributed by atoms with Crippen molar-refractivity contribution in [3.8, 4) is 0 Å². The third-order valence-corrected chi connectivity index (χ3v) is 8.02. The number of rotatable bonds is 6. The fourth-order valence-electron chi connectivity index (χ4n) is 4.47. The van der Waals surface area contributed by atoms with Gasteiger partial charge in [-0.25, -0.2) is 4.79 Å². The van der Waals surface area contributed by atoms with Crippen LogP contribution in [0.5, 0.6) is 0 Å². The van der Waals surface area contributed by atoms with E-state index < -0.39 is 16.4 Å². The quantitative estimate of drug-likeness (QED) is 0.593. The maximum atomic E-state index is 13.7. The van der Waals surface area contributed by atoms with Gasteiger partial charge in [0, 0.05) is 4.90 Å². The molecule has 28 heavy (non-hydrogen) atoms. The van der Waals surface area contributed by atoms with Gasteiger partial charge in [-0.2, -0.15) is 0 Å². The van der Waals surface area contributed by atoms with E-state index in [0.717, 1.165) is 30.6 Å². The van der Waals surface area contributed by atoms with Crippen molar-refractivity contribution in [2.24, 2.45) is 11.8 Å². The van der Waals surface area contributed by atoms with Crippen LogP contribution in [0.25, 0.3) is 0 Å². The molecule has 2 aromatic rings. The van der Waals surface area contributed by atoms with E-state index in [1.165, 1.54) is 0 Å². The molecule has 0 spiro atoms. The topological polar surface area (TPSA) is 43.4 Å². The molecule has 1 aliphatic rings. The standard InChI is InChI=1S/C24H30O3S/c1-18(2)22(28(26)21-15-8-5-9-16-21)24(17-11-10-12-19(24)3)27-23(25)20-13-6-4-7-14-20/h4-9,13-16,18-19,22H,10-12,17H2,1-3H3/t19?,22-,24+,28?/m1/s1. The van der Waals surface area contributed by atoms with Gasteiger partial charge in [-0.1, -0.05) is 63.6 Å². The van der Waals surface area contributed by atoms with Gasteiger partial charge in [-0.3, -0.25) is 4.21 Å². The van der Waals surface area contributed by atoms with Crippen LogP contribution in [0.15, 0.2) is 65.6 Å². The Kier molecular flexibility index (Phi) is 6.71. The summed E-state index contributed by atoms with van der Waals surface area (Å²) in [4.78, 5) is 13.8. The summed E-state index contributed by atoms with van der Waals surface area (Å²) in [5.41, 5.74) is -0.173. The molecule has 0 radical (unpaired) electrons. The van der Waals surface area contributed by atoms with Crippen molar-refractivity contribution in [1.82, 2.24) is 0 Å². The Hall–Kier alpha value is -1.94. The van der Waals surface area contributed by atoms with Crippen LogP contribution >= 0.6 is 0 Å². The Bertz CT molecular complexity index is 803. The third kappa shape index (κ3) is 4.22. The lowest BCUT2D eigenvalue weighted by Gasteiger charge is -2.48. The highest BCUT2D eigenvalue weighted by atomic mass is 32.2. The molecule has 0 N–H and O–H groups in total. The number of hydrogen-bond donors (Lipinski definition) is 0. The Morgan fingerprint density at radius 3 is 2.21 bits per heavy atom. The number of carbonyl (C=O) groups is 1. The molecule has 1 saturated carbocycles. The molecule has 0 heterocycles. The van der Waals surface area contributed by atoms with Gasteiger partial charge in [0.2, 0.25) is 0 Å². The van der Waals surface area contributed by atoms with Crippen LogP contribution in [0.2, 0.25) is 0 Å². The molecule has 1 aliphatic carbocycles. The first-order valence-corrected chi connectivity index (χ1v) is 11.4. The average molecular weight is 399 g/mol. The molecule has 0 amide bonds. The normalized spacial score (nSPS) is 24.5. The van der Waals surface area contributed by atoms with E-state index in [2.05, 4.69) is 20.8 Å². The van der Waals surface area contributed by atoms with E-state index in [1.54, 1.807) is 12.1 Å². The van der Waals surface area contributed by atoms with Gasteiger partial charge in [0.1, 0.15) is 5.60 Å². The van der Waals surface area contributed by atoms with Crippen molar-refractivity contribution in [3.05, 3.63) is 66.2 Å². The highest BCUT2D eigenvalue weighted by Crippen LogP contribution is 2.45. The minimum absolute atomic E-state index is 0.116. The van der Waals surface area contributed by atoms with Crippen LogP contribution in [-0.2, 0) is 15.5 Å². The first-order chi connectivity index (χ1) is 13.5. The fraction of sp³-hybridized carbons (Fsp3) is 0.458. The first kappa shape index (κ1) is 20.8. The second-order valence-corrected chi connectivity index (χ2v) is 9.71. The van der Waals surface area contributed by atoms with Crippen molar-refractivity contribution in [2.45, 2.75) is 62.2 Å². The molecule has 150 valence electrons. The van der Waals surface area contributed by atoms with Gasteiger partial charge in [-0.05, 0) is 55.4 Å². The smallest absolute Gasteiger partial charge is 0.338 e. The second-order valence-electron chi connectivity index (χ2n) is 8.13. The number of carbonyl (C=O) groups excluding carboxylic acids is 1. The first-order valence-electron chi connectivity index (χ1n) is 10.2. The van der Waals surface area contributed by atoms with E-state index in [4.69, 9.17) is 4.74 Å². The van der Waals surface area contributed by atoms with Crippen molar-refractivity contribution in [1.29, 1.82) is 0 Å². The zero-order valence-electron chi connectivity index (χ0n) is 17.0. The molecule has 4 heteroatoms. The number of hydrogen-bond acceptors (Lipinski definition) is 3. The Morgan fingerprint density at radius 2 is 1.64 bits per heavy atom. The third-order valence-electron chi connectivity index (χ3n) is 5.87. The van der Waals surface area contributed by atoms with E-state index in [9.17, 15) is 9.00 Å². The molecule has 0 aliphatic heterocycles. The lowest BCUT2D eigenvalue weighted by atomic mass is 9.71. The van der Waals surface area contributed by atoms with Crippen LogP contribution in [0.4, 0.5) is 0 Å². The zero-order chi connectivity index (χ0) is 20.1. The monoisotopic (exact) mass is 398 g/mol. The predicted molar refractivity (Wildman–Crippen MR) is 114 cm³/mol. The molecular weight excluding hydrogens is 368 g/mol. The predicted octanol–water partition coefficient (Wildman–Crippen LogP) is 5.62. The Labute approximate surface area is 171 Å². The summed E-state index contributed by atoms with van der Waals surface area (Å²) in [5.74, 6) is -0.0378. The average Bonchev–Trinajstić information content (AvgIpc) is 2.71. The highest BCUT2D eigenvalue weighted by molar-refractivity contribution is 7.85. The Morgan fingerprint density at radius 1 is 1.04 bits per heavy atom. The molecule has 0 saturated heterocycles. The Balaban J connectivity index is 2.01. The summed E-state index contributed by atoms with van der Waals surface area (Å²) in [6.07, 6.45) is 3.85. The van der Waals surface area contributed by atoms with E-state index >= 15 is 0 Å². The van der Waals surface area contributed by atoms with Gasteiger partial charge in [-0.15, -0.1) is 0 Å². The minimum Gasteiger partial charge on any atom is -0.454 e. The van der Waals surface area contributed by atoms with E-state index in [0.29, 0.717) is 5.56 Å². The van der Waals surface area contributed by atoms with Gasteiger partial charge in [0.05, 0.1) is 21.6 Å². The molecule has 2 aromatic carbocycles. The summed E-state index contributed by atoms with van der Waals surface area (Å²) >= 11 is 0.